The van der Waals surface area contributed by atoms with Gasteiger partial charge in [-0.1, -0.05) is 36.4 Å². The van der Waals surface area contributed by atoms with E-state index < -0.39 is 5.97 Å². The molecule has 0 aliphatic carbocycles. The fourth-order valence-electron chi connectivity index (χ4n) is 1.94. The Hall–Kier alpha value is -2.47. The molecule has 126 valence electrons. The third-order valence-electron chi connectivity index (χ3n) is 3.18. The molecule has 1 amide bonds. The van der Waals surface area contributed by atoms with Crippen molar-refractivity contribution in [2.75, 3.05) is 21.2 Å². The number of carbonyl (C=O) groups excluding carboxylic acids is 2. The van der Waals surface area contributed by atoms with Crippen molar-refractivity contribution in [3.05, 3.63) is 59.7 Å². The van der Waals surface area contributed by atoms with E-state index >= 15 is 0 Å². The van der Waals surface area contributed by atoms with Crippen LogP contribution in [0.15, 0.2) is 53.4 Å². The topological polar surface area (TPSA) is 55.8 Å². The third-order valence-corrected chi connectivity index (χ3v) is 4.28. The van der Waals surface area contributed by atoms with Crippen molar-refractivity contribution in [2.24, 2.45) is 0 Å². The van der Waals surface area contributed by atoms with Gasteiger partial charge >= 0.3 is 5.97 Å². The van der Waals surface area contributed by atoms with Gasteiger partial charge in [-0.05, 0) is 29.5 Å². The smallest absolute Gasteiger partial charge is 0.342 e. The molecule has 0 aliphatic rings. The summed E-state index contributed by atoms with van der Waals surface area (Å²) in [5.74, 6) is -0.144. The van der Waals surface area contributed by atoms with Gasteiger partial charge in [0.2, 0.25) is 0 Å². The van der Waals surface area contributed by atoms with E-state index in [9.17, 15) is 9.59 Å². The molecule has 0 unspecified atom stereocenters. The lowest BCUT2D eigenvalue weighted by molar-refractivity contribution is 0.0591. The van der Waals surface area contributed by atoms with Gasteiger partial charge in [-0.2, -0.15) is 0 Å². The molecule has 0 atom stereocenters. The van der Waals surface area contributed by atoms with Crippen LogP contribution in [0.3, 0.4) is 0 Å². The first kappa shape index (κ1) is 17.9. The minimum atomic E-state index is -0.535. The maximum Gasteiger partial charge on any atom is 0.342 e. The highest BCUT2D eigenvalue weighted by atomic mass is 32.2. The highest BCUT2D eigenvalue weighted by Crippen LogP contribution is 2.32. The third kappa shape index (κ3) is 4.52. The van der Waals surface area contributed by atoms with Gasteiger partial charge in [-0.15, -0.1) is 0 Å². The molecule has 0 radical (unpaired) electrons. The van der Waals surface area contributed by atoms with Crippen molar-refractivity contribution in [2.45, 2.75) is 11.5 Å². The van der Waals surface area contributed by atoms with Gasteiger partial charge in [0, 0.05) is 19.0 Å². The molecular weight excluding hydrogens is 326 g/mol. The van der Waals surface area contributed by atoms with E-state index in [-0.39, 0.29) is 10.8 Å². The summed E-state index contributed by atoms with van der Waals surface area (Å²) in [7, 11) is 4.62. The predicted octanol–water partition coefficient (Wildman–Crippen LogP) is 3.83. The molecule has 0 saturated carbocycles. The van der Waals surface area contributed by atoms with Gasteiger partial charge < -0.3 is 14.4 Å². The van der Waals surface area contributed by atoms with Crippen LogP contribution in [-0.4, -0.2) is 37.3 Å². The van der Waals surface area contributed by atoms with E-state index in [1.54, 1.807) is 32.3 Å². The second-order valence-corrected chi connectivity index (χ2v) is 6.15. The van der Waals surface area contributed by atoms with Crippen LogP contribution in [0.25, 0.3) is 0 Å². The zero-order valence-corrected chi connectivity index (χ0v) is 14.6. The molecule has 0 fully saturated rings. The van der Waals surface area contributed by atoms with Gasteiger partial charge in [0.1, 0.15) is 17.9 Å². The predicted molar refractivity (Wildman–Crippen MR) is 93.5 cm³/mol. The van der Waals surface area contributed by atoms with Crippen molar-refractivity contribution >= 4 is 23.0 Å². The van der Waals surface area contributed by atoms with Crippen LogP contribution in [0.4, 0.5) is 4.79 Å². The van der Waals surface area contributed by atoms with E-state index in [1.807, 2.05) is 30.3 Å². The van der Waals surface area contributed by atoms with Crippen LogP contribution in [0.1, 0.15) is 15.9 Å². The summed E-state index contributed by atoms with van der Waals surface area (Å²) in [6.45, 7) is 0.320. The number of rotatable bonds is 5. The van der Waals surface area contributed by atoms with Gasteiger partial charge in [-0.25, -0.2) is 4.79 Å². The Morgan fingerprint density at radius 1 is 1.04 bits per heavy atom. The molecule has 0 saturated heterocycles. The Bertz CT molecular complexity index is 716. The van der Waals surface area contributed by atoms with Crippen LogP contribution in [0.5, 0.6) is 5.75 Å². The molecule has 0 heterocycles. The minimum Gasteiger partial charge on any atom is -0.488 e. The second kappa shape index (κ2) is 8.40. The zero-order valence-electron chi connectivity index (χ0n) is 13.8. The Labute approximate surface area is 145 Å². The number of nitrogens with zero attached hydrogens (tertiary/aromatic N) is 1. The van der Waals surface area contributed by atoms with Crippen molar-refractivity contribution in [3.63, 3.8) is 0 Å². The molecule has 0 N–H and O–H groups in total. The lowest BCUT2D eigenvalue weighted by atomic mass is 10.2. The average molecular weight is 345 g/mol. The number of hydrogen-bond donors (Lipinski definition) is 0. The zero-order chi connectivity index (χ0) is 17.5. The Morgan fingerprint density at radius 2 is 1.75 bits per heavy atom. The van der Waals surface area contributed by atoms with Gasteiger partial charge in [0.15, 0.2) is 0 Å². The number of esters is 1. The summed E-state index contributed by atoms with van der Waals surface area (Å²) in [4.78, 5) is 26.1. The lowest BCUT2D eigenvalue weighted by Gasteiger charge is -2.15. The quantitative estimate of drug-likeness (QED) is 0.609. The van der Waals surface area contributed by atoms with Crippen LogP contribution in [-0.2, 0) is 11.3 Å². The van der Waals surface area contributed by atoms with Crippen molar-refractivity contribution in [1.29, 1.82) is 0 Å². The summed E-state index contributed by atoms with van der Waals surface area (Å²) < 4.78 is 10.6. The van der Waals surface area contributed by atoms with Crippen molar-refractivity contribution in [3.8, 4) is 5.75 Å². The first-order chi connectivity index (χ1) is 11.5. The minimum absolute atomic E-state index is 0.180. The maximum atomic E-state index is 12.2. The number of methoxy groups -OCH3 is 1. The second-order valence-electron chi connectivity index (χ2n) is 5.16. The van der Waals surface area contributed by atoms with Crippen LogP contribution in [0.2, 0.25) is 0 Å². The molecule has 2 aromatic carbocycles. The van der Waals surface area contributed by atoms with E-state index in [4.69, 9.17) is 9.47 Å². The SMILES string of the molecule is COC(=O)c1c(OCc2ccccc2)cccc1SC(=O)N(C)C. The number of benzene rings is 2. The Balaban J connectivity index is 2.29. The summed E-state index contributed by atoms with van der Waals surface area (Å²) in [5, 5.41) is -0.180. The monoisotopic (exact) mass is 345 g/mol. The highest BCUT2D eigenvalue weighted by molar-refractivity contribution is 8.13. The number of ether oxygens (including phenoxy) is 2. The van der Waals surface area contributed by atoms with Gasteiger partial charge in [-0.3, -0.25) is 4.79 Å². The van der Waals surface area contributed by atoms with Crippen LogP contribution >= 0.6 is 11.8 Å². The molecule has 0 aromatic heterocycles. The van der Waals surface area contributed by atoms with Gasteiger partial charge in [0.25, 0.3) is 5.24 Å². The van der Waals surface area contributed by atoms with Crippen LogP contribution < -0.4 is 4.74 Å². The normalized spacial score (nSPS) is 10.1. The average Bonchev–Trinajstić information content (AvgIpc) is 2.60. The summed E-state index contributed by atoms with van der Waals surface area (Å²) in [5.41, 5.74) is 1.24. The summed E-state index contributed by atoms with van der Waals surface area (Å²) in [6.07, 6.45) is 0. The van der Waals surface area contributed by atoms with Crippen molar-refractivity contribution in [1.82, 2.24) is 4.90 Å². The highest BCUT2D eigenvalue weighted by Gasteiger charge is 2.21. The molecular formula is C18H19NO4S. The Morgan fingerprint density at radius 3 is 2.38 bits per heavy atom. The number of hydrogen-bond acceptors (Lipinski definition) is 5. The molecule has 5 nitrogen and oxygen atoms in total. The van der Waals surface area contributed by atoms with E-state index in [1.165, 1.54) is 12.0 Å². The molecule has 0 bridgehead atoms. The number of carbonyl (C=O) groups is 2. The fraction of sp³-hybridized carbons (Fsp3) is 0.222. The number of amides is 1. The molecule has 0 spiro atoms. The standard InChI is InChI=1S/C18H19NO4S/c1-19(2)18(21)24-15-11-7-10-14(16(15)17(20)22-3)23-12-13-8-5-4-6-9-13/h4-11H,12H2,1-3H3. The van der Waals surface area contributed by atoms with Crippen molar-refractivity contribution < 1.29 is 19.1 Å². The van der Waals surface area contributed by atoms with E-state index in [2.05, 4.69) is 0 Å². The lowest BCUT2D eigenvalue weighted by Crippen LogP contribution is -2.17. The summed E-state index contributed by atoms with van der Waals surface area (Å²) >= 11 is 0.964. The molecule has 6 heteroatoms. The molecule has 2 aromatic rings. The number of thioether (sulfide) groups is 1. The van der Waals surface area contributed by atoms with Gasteiger partial charge in [0.05, 0.1) is 7.11 Å². The molecule has 2 rings (SSSR count). The summed E-state index contributed by atoms with van der Waals surface area (Å²) in [6, 6.07) is 14.8. The van der Waals surface area contributed by atoms with Crippen LogP contribution in [0, 0.1) is 0 Å². The molecule has 24 heavy (non-hydrogen) atoms. The largest absolute Gasteiger partial charge is 0.488 e. The van der Waals surface area contributed by atoms with E-state index in [0.717, 1.165) is 17.3 Å². The fourth-order valence-corrected chi connectivity index (χ4v) is 2.74. The first-order valence-corrected chi connectivity index (χ1v) is 8.11. The van der Waals surface area contributed by atoms with E-state index in [0.29, 0.717) is 17.3 Å². The molecule has 0 aliphatic heterocycles. The maximum absolute atomic E-state index is 12.2. The first-order valence-electron chi connectivity index (χ1n) is 7.30. The Kier molecular flexibility index (Phi) is 6.26.